The molecule has 30 heavy (non-hydrogen) atoms. The molecule has 1 heterocycles. The van der Waals surface area contributed by atoms with Crippen LogP contribution in [0.1, 0.15) is 19.0 Å². The summed E-state index contributed by atoms with van der Waals surface area (Å²) in [6.07, 6.45) is 1.55. The van der Waals surface area contributed by atoms with Crippen LogP contribution in [0.2, 0.25) is 0 Å². The Morgan fingerprint density at radius 2 is 1.33 bits per heavy atom. The molecule has 0 aliphatic heterocycles. The van der Waals surface area contributed by atoms with E-state index in [1.807, 2.05) is 30.3 Å². The van der Waals surface area contributed by atoms with E-state index in [0.29, 0.717) is 12.0 Å². The summed E-state index contributed by atoms with van der Waals surface area (Å²) in [4.78, 5) is 0. The second-order valence-electron chi connectivity index (χ2n) is 7.20. The summed E-state index contributed by atoms with van der Waals surface area (Å²) < 4.78 is 16.8. The Labute approximate surface area is 174 Å². The average molecular weight is 403 g/mol. The molecule has 0 unspecified atom stereocenters. The van der Waals surface area contributed by atoms with Gasteiger partial charge in [0, 0.05) is 28.6 Å². The summed E-state index contributed by atoms with van der Waals surface area (Å²) >= 11 is 0. The van der Waals surface area contributed by atoms with Gasteiger partial charge in [-0.05, 0) is 78.7 Å². The highest BCUT2D eigenvalue weighted by Gasteiger charge is 2.20. The molecule has 4 nitrogen and oxygen atoms in total. The first-order valence-corrected chi connectivity index (χ1v) is 9.80. The average Bonchev–Trinajstić information content (AvgIpc) is 3.08. The molecule has 3 N–H and O–H groups in total. The van der Waals surface area contributed by atoms with Crippen LogP contribution in [-0.2, 0) is 6.42 Å². The quantitative estimate of drug-likeness (QED) is 0.382. The summed E-state index contributed by atoms with van der Waals surface area (Å²) in [5.41, 5.74) is 4.62. The Bertz CT molecular complexity index is 1180. The second-order valence-corrected chi connectivity index (χ2v) is 7.20. The lowest BCUT2D eigenvalue weighted by Gasteiger charge is -2.15. The molecule has 0 fully saturated rings. The number of halogens is 1. The van der Waals surface area contributed by atoms with Gasteiger partial charge in [-0.15, -0.1) is 0 Å². The minimum atomic E-state index is -0.493. The van der Waals surface area contributed by atoms with Gasteiger partial charge in [0.25, 0.3) is 0 Å². The maximum Gasteiger partial charge on any atom is 0.134 e. The number of aromatic nitrogens is 1. The molecule has 4 rings (SSSR count). The Morgan fingerprint density at radius 3 is 1.93 bits per heavy atom. The lowest BCUT2D eigenvalue weighted by atomic mass is 10.0. The number of hydrogen-bond acceptors (Lipinski definition) is 3. The highest BCUT2D eigenvalue weighted by atomic mass is 19.1. The lowest BCUT2D eigenvalue weighted by Crippen LogP contribution is -2.03. The molecule has 0 bridgehead atoms. The van der Waals surface area contributed by atoms with Gasteiger partial charge in [0.15, 0.2) is 0 Å². The molecule has 4 aromatic rings. The topological polar surface area (TPSA) is 65.6 Å². The molecule has 0 amide bonds. The van der Waals surface area contributed by atoms with Crippen molar-refractivity contribution in [3.63, 3.8) is 0 Å². The summed E-state index contributed by atoms with van der Waals surface area (Å²) in [6, 6.07) is 19.8. The van der Waals surface area contributed by atoms with Gasteiger partial charge in [-0.3, -0.25) is 0 Å². The molecule has 0 aliphatic rings. The van der Waals surface area contributed by atoms with E-state index in [1.165, 1.54) is 6.07 Å². The summed E-state index contributed by atoms with van der Waals surface area (Å²) in [5, 5.41) is 29.1. The van der Waals surface area contributed by atoms with Gasteiger partial charge < -0.3 is 19.9 Å². The largest absolute Gasteiger partial charge is 0.508 e. The van der Waals surface area contributed by atoms with E-state index in [-0.39, 0.29) is 17.2 Å². The third-order valence-corrected chi connectivity index (χ3v) is 5.10. The number of aromatic hydroxyl groups is 3. The van der Waals surface area contributed by atoms with Crippen LogP contribution in [0.15, 0.2) is 72.8 Å². The Balaban J connectivity index is 2.03. The molecule has 5 heteroatoms. The Kier molecular flexibility index (Phi) is 5.19. The van der Waals surface area contributed by atoms with Crippen molar-refractivity contribution < 1.29 is 19.7 Å². The smallest absolute Gasteiger partial charge is 0.134 e. The SMILES string of the molecule is CCCc1c(-c2ccc(O)cc2F)cc(-c2ccc(O)cc2)n1-c1ccc(O)cc1. The zero-order valence-corrected chi connectivity index (χ0v) is 16.5. The maximum absolute atomic E-state index is 14.8. The van der Waals surface area contributed by atoms with Gasteiger partial charge in [-0.1, -0.05) is 13.3 Å². The van der Waals surface area contributed by atoms with Gasteiger partial charge >= 0.3 is 0 Å². The van der Waals surface area contributed by atoms with E-state index in [1.54, 1.807) is 30.3 Å². The van der Waals surface area contributed by atoms with Crippen molar-refractivity contribution in [2.24, 2.45) is 0 Å². The monoisotopic (exact) mass is 403 g/mol. The van der Waals surface area contributed by atoms with Gasteiger partial charge in [-0.25, -0.2) is 4.39 Å². The van der Waals surface area contributed by atoms with Crippen molar-refractivity contribution in [2.45, 2.75) is 19.8 Å². The van der Waals surface area contributed by atoms with Crippen LogP contribution < -0.4 is 0 Å². The molecular formula is C25H22FNO3. The minimum Gasteiger partial charge on any atom is -0.508 e. The molecule has 0 spiro atoms. The van der Waals surface area contributed by atoms with Gasteiger partial charge in [0.05, 0.1) is 5.69 Å². The normalized spacial score (nSPS) is 11.0. The predicted octanol–water partition coefficient (Wildman–Crippen LogP) is 6.02. The van der Waals surface area contributed by atoms with Crippen LogP contribution in [0, 0.1) is 5.82 Å². The third kappa shape index (κ3) is 3.62. The van der Waals surface area contributed by atoms with Crippen molar-refractivity contribution in [3.05, 3.63) is 84.3 Å². The van der Waals surface area contributed by atoms with E-state index in [2.05, 4.69) is 11.5 Å². The van der Waals surface area contributed by atoms with Crippen molar-refractivity contribution in [3.8, 4) is 45.3 Å². The zero-order valence-electron chi connectivity index (χ0n) is 16.5. The highest BCUT2D eigenvalue weighted by Crippen LogP contribution is 2.38. The Morgan fingerprint density at radius 1 is 0.733 bits per heavy atom. The van der Waals surface area contributed by atoms with E-state index < -0.39 is 5.82 Å². The molecule has 3 aromatic carbocycles. The van der Waals surface area contributed by atoms with E-state index >= 15 is 0 Å². The standard InChI is InChI=1S/C25H22FNO3/c1-2-3-24-22(21-13-12-20(30)14-23(21)26)15-25(16-4-8-18(28)9-5-16)27(24)17-6-10-19(29)11-7-17/h4-15,28-30H,2-3H2,1H3. The van der Waals surface area contributed by atoms with Crippen LogP contribution in [0.3, 0.4) is 0 Å². The van der Waals surface area contributed by atoms with Crippen LogP contribution in [0.5, 0.6) is 17.2 Å². The van der Waals surface area contributed by atoms with Gasteiger partial charge in [-0.2, -0.15) is 0 Å². The second kappa shape index (κ2) is 7.95. The van der Waals surface area contributed by atoms with Crippen molar-refractivity contribution in [2.75, 3.05) is 0 Å². The van der Waals surface area contributed by atoms with E-state index in [4.69, 9.17) is 0 Å². The molecule has 0 radical (unpaired) electrons. The predicted molar refractivity (Wildman–Crippen MR) is 116 cm³/mol. The fourth-order valence-electron chi connectivity index (χ4n) is 3.73. The molecule has 152 valence electrons. The van der Waals surface area contributed by atoms with Crippen LogP contribution in [0.4, 0.5) is 4.39 Å². The first kappa shape index (κ1) is 19.6. The first-order chi connectivity index (χ1) is 14.5. The molecule has 0 saturated heterocycles. The van der Waals surface area contributed by atoms with Crippen molar-refractivity contribution >= 4 is 0 Å². The lowest BCUT2D eigenvalue weighted by molar-refractivity contribution is 0.469. The summed E-state index contributed by atoms with van der Waals surface area (Å²) in [5.74, 6) is -0.281. The number of nitrogens with zero attached hydrogens (tertiary/aromatic N) is 1. The summed E-state index contributed by atoms with van der Waals surface area (Å²) in [6.45, 7) is 2.06. The molecule has 0 aliphatic carbocycles. The molecule has 0 saturated carbocycles. The van der Waals surface area contributed by atoms with Crippen LogP contribution >= 0.6 is 0 Å². The number of rotatable bonds is 5. The van der Waals surface area contributed by atoms with Crippen LogP contribution in [-0.4, -0.2) is 19.9 Å². The number of phenolic OH excluding ortho intramolecular Hbond substituents is 3. The number of phenols is 3. The van der Waals surface area contributed by atoms with E-state index in [0.717, 1.165) is 40.7 Å². The summed E-state index contributed by atoms with van der Waals surface area (Å²) in [7, 11) is 0. The highest BCUT2D eigenvalue weighted by molar-refractivity contribution is 5.78. The fourth-order valence-corrected chi connectivity index (χ4v) is 3.73. The zero-order chi connectivity index (χ0) is 21.3. The van der Waals surface area contributed by atoms with Gasteiger partial charge in [0.2, 0.25) is 0 Å². The minimum absolute atomic E-state index is 0.120. The Hall–Kier alpha value is -3.73. The fraction of sp³-hybridized carbons (Fsp3) is 0.120. The number of benzene rings is 3. The van der Waals surface area contributed by atoms with Crippen LogP contribution in [0.25, 0.3) is 28.1 Å². The molecular weight excluding hydrogens is 381 g/mol. The molecule has 0 atom stereocenters. The molecule has 1 aromatic heterocycles. The van der Waals surface area contributed by atoms with Crippen molar-refractivity contribution in [1.82, 2.24) is 4.57 Å². The van der Waals surface area contributed by atoms with Gasteiger partial charge in [0.1, 0.15) is 23.1 Å². The third-order valence-electron chi connectivity index (χ3n) is 5.10. The van der Waals surface area contributed by atoms with E-state index in [9.17, 15) is 19.7 Å². The first-order valence-electron chi connectivity index (χ1n) is 9.80. The van der Waals surface area contributed by atoms with Crippen molar-refractivity contribution in [1.29, 1.82) is 0 Å². The number of hydrogen-bond donors (Lipinski definition) is 3. The maximum atomic E-state index is 14.8.